The van der Waals surface area contributed by atoms with Crippen molar-refractivity contribution in [3.05, 3.63) is 44.5 Å². The summed E-state index contributed by atoms with van der Waals surface area (Å²) in [5.41, 5.74) is 0.733. The Bertz CT molecular complexity index is 1110. The molecule has 0 radical (unpaired) electrons. The third-order valence-electron chi connectivity index (χ3n) is 5.20. The Morgan fingerprint density at radius 2 is 1.97 bits per heavy atom. The van der Waals surface area contributed by atoms with Crippen LogP contribution in [-0.4, -0.2) is 40.5 Å². The van der Waals surface area contributed by atoms with Crippen LogP contribution in [0.25, 0.3) is 10.2 Å². The van der Waals surface area contributed by atoms with Crippen LogP contribution in [0.5, 0.6) is 11.6 Å². The molecule has 31 heavy (non-hydrogen) atoms. The number of aromatic nitrogens is 2. The Labute approximate surface area is 195 Å². The predicted molar refractivity (Wildman–Crippen MR) is 124 cm³/mol. The first kappa shape index (κ1) is 22.3. The lowest BCUT2D eigenvalue weighted by molar-refractivity contribution is 0.0531. The number of fused-ring (bicyclic) bond motifs is 1. The van der Waals surface area contributed by atoms with Gasteiger partial charge in [-0.15, -0.1) is 11.3 Å². The zero-order chi connectivity index (χ0) is 22.0. The minimum absolute atomic E-state index is 0.305. The lowest BCUT2D eigenvalue weighted by Gasteiger charge is -2.25. The number of hydrogen-bond acceptors (Lipinski definition) is 7. The summed E-state index contributed by atoms with van der Waals surface area (Å²) in [6.45, 7) is 6.61. The first-order valence-electron chi connectivity index (χ1n) is 10.3. The molecule has 0 bridgehead atoms. The van der Waals surface area contributed by atoms with Crippen molar-refractivity contribution in [1.82, 2.24) is 14.9 Å². The smallest absolute Gasteiger partial charge is 0.348 e. The highest BCUT2D eigenvalue weighted by atomic mass is 35.5. The third-order valence-corrected chi connectivity index (χ3v) is 7.17. The highest BCUT2D eigenvalue weighted by Crippen LogP contribution is 2.40. The number of benzene rings is 1. The first-order chi connectivity index (χ1) is 15.0. The molecular formula is C22H23Cl2N3O3S. The summed E-state index contributed by atoms with van der Waals surface area (Å²) in [4.78, 5) is 25.5. The van der Waals surface area contributed by atoms with Crippen molar-refractivity contribution < 1.29 is 14.3 Å². The van der Waals surface area contributed by atoms with Gasteiger partial charge in [-0.1, -0.05) is 35.7 Å². The SMILES string of the molecule is CCOC(=O)c1sc2nc(CN3CCCCC3)nc(Oc3cccc(Cl)c3Cl)c2c1C. The van der Waals surface area contributed by atoms with Gasteiger partial charge in [-0.2, -0.15) is 4.98 Å². The summed E-state index contributed by atoms with van der Waals surface area (Å²) in [5, 5.41) is 1.39. The molecule has 4 rings (SSSR count). The van der Waals surface area contributed by atoms with Gasteiger partial charge in [-0.25, -0.2) is 9.78 Å². The van der Waals surface area contributed by atoms with E-state index in [1.807, 2.05) is 6.92 Å². The number of esters is 1. The van der Waals surface area contributed by atoms with Crippen LogP contribution in [0.15, 0.2) is 18.2 Å². The molecule has 0 aliphatic carbocycles. The van der Waals surface area contributed by atoms with Crippen LogP contribution in [0.1, 0.15) is 47.2 Å². The summed E-state index contributed by atoms with van der Waals surface area (Å²) in [7, 11) is 0. The molecule has 1 aromatic carbocycles. The van der Waals surface area contributed by atoms with Gasteiger partial charge < -0.3 is 9.47 Å². The Balaban J connectivity index is 1.79. The molecule has 0 spiro atoms. The van der Waals surface area contributed by atoms with E-state index in [0.717, 1.165) is 18.7 Å². The Morgan fingerprint density at radius 1 is 1.19 bits per heavy atom. The maximum atomic E-state index is 12.5. The number of hydrogen-bond donors (Lipinski definition) is 0. The van der Waals surface area contributed by atoms with E-state index in [0.29, 0.717) is 55.7 Å². The fourth-order valence-electron chi connectivity index (χ4n) is 3.66. The Kier molecular flexibility index (Phi) is 6.96. The molecule has 1 aliphatic heterocycles. The highest BCUT2D eigenvalue weighted by molar-refractivity contribution is 7.20. The van der Waals surface area contributed by atoms with Gasteiger partial charge in [0.1, 0.15) is 26.3 Å². The fourth-order valence-corrected chi connectivity index (χ4v) is 5.08. The maximum absolute atomic E-state index is 12.5. The molecule has 0 atom stereocenters. The molecule has 6 nitrogen and oxygen atoms in total. The second kappa shape index (κ2) is 9.69. The molecule has 164 valence electrons. The van der Waals surface area contributed by atoms with Gasteiger partial charge >= 0.3 is 5.97 Å². The molecule has 2 aromatic heterocycles. The average Bonchev–Trinajstić information content (AvgIpc) is 3.09. The van der Waals surface area contributed by atoms with Crippen molar-refractivity contribution in [2.75, 3.05) is 19.7 Å². The molecule has 1 fully saturated rings. The van der Waals surface area contributed by atoms with Crippen molar-refractivity contribution in [1.29, 1.82) is 0 Å². The van der Waals surface area contributed by atoms with Crippen LogP contribution in [-0.2, 0) is 11.3 Å². The molecule has 9 heteroatoms. The standard InChI is InChI=1S/C22H23Cl2N3O3S/c1-3-29-22(28)19-13(2)17-20(30-15-9-7-8-14(23)18(15)24)25-16(26-21(17)31-19)12-27-10-5-4-6-11-27/h7-9H,3-6,10-12H2,1-2H3. The number of carbonyl (C=O) groups is 1. The zero-order valence-corrected chi connectivity index (χ0v) is 19.7. The molecule has 0 N–H and O–H groups in total. The lowest BCUT2D eigenvalue weighted by Crippen LogP contribution is -2.29. The number of carbonyl (C=O) groups excluding carboxylic acids is 1. The van der Waals surface area contributed by atoms with E-state index in [4.69, 9.17) is 42.6 Å². The van der Waals surface area contributed by atoms with E-state index in [1.54, 1.807) is 25.1 Å². The molecule has 1 saturated heterocycles. The summed E-state index contributed by atoms with van der Waals surface area (Å²) in [6.07, 6.45) is 3.61. The summed E-state index contributed by atoms with van der Waals surface area (Å²) in [6, 6.07) is 5.20. The molecular weight excluding hydrogens is 457 g/mol. The number of piperidine rings is 1. The predicted octanol–water partition coefficient (Wildman–Crippen LogP) is 6.26. The Morgan fingerprint density at radius 3 is 2.71 bits per heavy atom. The van der Waals surface area contributed by atoms with Gasteiger partial charge in [-0.3, -0.25) is 4.90 Å². The third kappa shape index (κ3) is 4.80. The number of rotatable bonds is 6. The van der Waals surface area contributed by atoms with Crippen LogP contribution in [0.2, 0.25) is 10.0 Å². The van der Waals surface area contributed by atoms with Crippen molar-refractivity contribution in [2.24, 2.45) is 0 Å². The highest BCUT2D eigenvalue weighted by Gasteiger charge is 2.24. The van der Waals surface area contributed by atoms with Crippen LogP contribution < -0.4 is 4.74 Å². The van der Waals surface area contributed by atoms with Crippen molar-refractivity contribution in [3.63, 3.8) is 0 Å². The van der Waals surface area contributed by atoms with Crippen molar-refractivity contribution >= 4 is 50.7 Å². The normalized spacial score (nSPS) is 14.7. The van der Waals surface area contributed by atoms with Crippen LogP contribution in [0.4, 0.5) is 0 Å². The minimum Gasteiger partial charge on any atom is -0.462 e. The number of aryl methyl sites for hydroxylation is 1. The number of likely N-dealkylation sites (tertiary alicyclic amines) is 1. The monoisotopic (exact) mass is 479 g/mol. The number of halogens is 2. The lowest BCUT2D eigenvalue weighted by atomic mass is 10.1. The quantitative estimate of drug-likeness (QED) is 0.388. The summed E-state index contributed by atoms with van der Waals surface area (Å²) < 4.78 is 11.4. The van der Waals surface area contributed by atoms with E-state index in [9.17, 15) is 4.79 Å². The second-order valence-electron chi connectivity index (χ2n) is 7.39. The number of ether oxygens (including phenoxy) is 2. The van der Waals surface area contributed by atoms with Gasteiger partial charge in [0.2, 0.25) is 5.88 Å². The van der Waals surface area contributed by atoms with E-state index < -0.39 is 0 Å². The van der Waals surface area contributed by atoms with Gasteiger partial charge in [0.15, 0.2) is 0 Å². The minimum atomic E-state index is -0.368. The molecule has 3 aromatic rings. The van der Waals surface area contributed by atoms with Crippen molar-refractivity contribution in [2.45, 2.75) is 39.7 Å². The van der Waals surface area contributed by atoms with Gasteiger partial charge in [0.25, 0.3) is 0 Å². The molecule has 0 saturated carbocycles. The molecule has 3 heterocycles. The van der Waals surface area contributed by atoms with E-state index in [-0.39, 0.29) is 5.97 Å². The number of thiophene rings is 1. The first-order valence-corrected chi connectivity index (χ1v) is 11.9. The Hall–Kier alpha value is -1.93. The van der Waals surface area contributed by atoms with Crippen LogP contribution in [0.3, 0.4) is 0 Å². The van der Waals surface area contributed by atoms with E-state index >= 15 is 0 Å². The van der Waals surface area contributed by atoms with Gasteiger partial charge in [0.05, 0.1) is 23.6 Å². The molecule has 0 amide bonds. The summed E-state index contributed by atoms with van der Waals surface area (Å²) >= 11 is 13.8. The zero-order valence-electron chi connectivity index (χ0n) is 17.4. The molecule has 0 unspecified atom stereocenters. The van der Waals surface area contributed by atoms with Crippen molar-refractivity contribution in [3.8, 4) is 11.6 Å². The van der Waals surface area contributed by atoms with E-state index in [2.05, 4.69) is 4.90 Å². The number of nitrogens with zero attached hydrogens (tertiary/aromatic N) is 3. The second-order valence-corrected chi connectivity index (χ2v) is 9.18. The maximum Gasteiger partial charge on any atom is 0.348 e. The van der Waals surface area contributed by atoms with Gasteiger partial charge in [-0.05, 0) is 57.5 Å². The van der Waals surface area contributed by atoms with E-state index in [1.165, 1.54) is 30.6 Å². The summed E-state index contributed by atoms with van der Waals surface area (Å²) in [5.74, 6) is 1.05. The fraction of sp³-hybridized carbons (Fsp3) is 0.409. The topological polar surface area (TPSA) is 64.5 Å². The molecule has 1 aliphatic rings. The van der Waals surface area contributed by atoms with Gasteiger partial charge in [0, 0.05) is 0 Å². The average molecular weight is 480 g/mol. The largest absolute Gasteiger partial charge is 0.462 e. The van der Waals surface area contributed by atoms with Crippen LogP contribution in [0, 0.1) is 6.92 Å². The van der Waals surface area contributed by atoms with Crippen LogP contribution >= 0.6 is 34.5 Å².